The Bertz CT molecular complexity index is 458. The molecule has 0 fully saturated rings. The number of nitrogens with two attached hydrogens (primary N) is 1. The SMILES string of the molecule is Nc1ncc(Oc2cccc(Br)c2)cn1. The summed E-state index contributed by atoms with van der Waals surface area (Å²) in [4.78, 5) is 7.66. The fourth-order valence-corrected chi connectivity index (χ4v) is 1.42. The van der Waals surface area contributed by atoms with Gasteiger partial charge in [0, 0.05) is 4.47 Å². The van der Waals surface area contributed by atoms with E-state index in [-0.39, 0.29) is 5.95 Å². The second-order valence-electron chi connectivity index (χ2n) is 2.84. The Morgan fingerprint density at radius 3 is 2.53 bits per heavy atom. The maximum Gasteiger partial charge on any atom is 0.220 e. The van der Waals surface area contributed by atoms with Crippen molar-refractivity contribution in [3.8, 4) is 11.5 Å². The first kappa shape index (κ1) is 9.92. The van der Waals surface area contributed by atoms with E-state index in [9.17, 15) is 0 Å². The fourth-order valence-electron chi connectivity index (χ4n) is 1.05. The Morgan fingerprint density at radius 1 is 1.13 bits per heavy atom. The summed E-state index contributed by atoms with van der Waals surface area (Å²) in [6.45, 7) is 0. The monoisotopic (exact) mass is 265 g/mol. The molecule has 0 aliphatic rings. The molecule has 5 heteroatoms. The summed E-state index contributed by atoms with van der Waals surface area (Å²) < 4.78 is 6.46. The van der Waals surface area contributed by atoms with Crippen LogP contribution in [0.1, 0.15) is 0 Å². The lowest BCUT2D eigenvalue weighted by Gasteiger charge is -2.04. The molecule has 1 heterocycles. The van der Waals surface area contributed by atoms with Gasteiger partial charge >= 0.3 is 0 Å². The molecule has 0 aliphatic carbocycles. The Kier molecular flexibility index (Phi) is 2.82. The molecule has 0 saturated carbocycles. The second-order valence-corrected chi connectivity index (χ2v) is 3.75. The van der Waals surface area contributed by atoms with Crippen molar-refractivity contribution in [1.29, 1.82) is 0 Å². The third kappa shape index (κ3) is 2.66. The molecule has 0 aliphatic heterocycles. The van der Waals surface area contributed by atoms with E-state index in [0.29, 0.717) is 5.75 Å². The summed E-state index contributed by atoms with van der Waals surface area (Å²) in [7, 11) is 0. The maximum absolute atomic E-state index is 5.50. The summed E-state index contributed by atoms with van der Waals surface area (Å²) in [5.74, 6) is 1.51. The fraction of sp³-hybridized carbons (Fsp3) is 0. The minimum Gasteiger partial charge on any atom is -0.454 e. The van der Waals surface area contributed by atoms with Crippen molar-refractivity contribution in [3.05, 3.63) is 41.1 Å². The number of hydrogen-bond acceptors (Lipinski definition) is 4. The highest BCUT2D eigenvalue weighted by Gasteiger charge is 1.98. The van der Waals surface area contributed by atoms with Crippen LogP contribution < -0.4 is 10.5 Å². The molecule has 0 saturated heterocycles. The van der Waals surface area contributed by atoms with Crippen molar-refractivity contribution in [2.24, 2.45) is 0 Å². The zero-order chi connectivity index (χ0) is 10.7. The zero-order valence-corrected chi connectivity index (χ0v) is 9.31. The topological polar surface area (TPSA) is 61.0 Å². The minimum atomic E-state index is 0.233. The summed E-state index contributed by atoms with van der Waals surface area (Å²) in [6.07, 6.45) is 3.06. The van der Waals surface area contributed by atoms with Gasteiger partial charge in [0.25, 0.3) is 0 Å². The second kappa shape index (κ2) is 4.27. The van der Waals surface area contributed by atoms with Crippen molar-refractivity contribution < 1.29 is 4.74 Å². The lowest BCUT2D eigenvalue weighted by molar-refractivity contribution is 0.477. The molecule has 2 N–H and O–H groups in total. The molecule has 0 atom stereocenters. The van der Waals surface area contributed by atoms with Gasteiger partial charge in [0.1, 0.15) is 5.75 Å². The predicted octanol–water partition coefficient (Wildman–Crippen LogP) is 2.61. The van der Waals surface area contributed by atoms with Gasteiger partial charge in [-0.1, -0.05) is 22.0 Å². The van der Waals surface area contributed by atoms with E-state index in [0.717, 1.165) is 10.2 Å². The van der Waals surface area contributed by atoms with Crippen LogP contribution in [0.2, 0.25) is 0 Å². The van der Waals surface area contributed by atoms with Gasteiger partial charge in [-0.05, 0) is 18.2 Å². The molecule has 0 bridgehead atoms. The van der Waals surface area contributed by atoms with E-state index in [1.54, 1.807) is 0 Å². The number of halogens is 1. The highest BCUT2D eigenvalue weighted by molar-refractivity contribution is 9.10. The Labute approximate surface area is 95.2 Å². The molecule has 2 rings (SSSR count). The summed E-state index contributed by atoms with van der Waals surface area (Å²) in [5, 5.41) is 0. The molecule has 15 heavy (non-hydrogen) atoms. The molecule has 76 valence electrons. The number of aromatic nitrogens is 2. The van der Waals surface area contributed by atoms with E-state index in [1.165, 1.54) is 12.4 Å². The number of nitrogen functional groups attached to an aromatic ring is 1. The van der Waals surface area contributed by atoms with E-state index >= 15 is 0 Å². The standard InChI is InChI=1S/C10H8BrN3O/c11-7-2-1-3-8(4-7)15-9-5-13-10(12)14-6-9/h1-6H,(H2,12,13,14). The molecule has 0 spiro atoms. The molecule has 4 nitrogen and oxygen atoms in total. The highest BCUT2D eigenvalue weighted by Crippen LogP contribution is 2.23. The van der Waals surface area contributed by atoms with Crippen molar-refractivity contribution in [3.63, 3.8) is 0 Å². The van der Waals surface area contributed by atoms with Gasteiger partial charge in [-0.15, -0.1) is 0 Å². The van der Waals surface area contributed by atoms with E-state index in [1.807, 2.05) is 24.3 Å². The number of hydrogen-bond donors (Lipinski definition) is 1. The Hall–Kier alpha value is -1.62. The van der Waals surface area contributed by atoms with Crippen molar-refractivity contribution in [2.75, 3.05) is 5.73 Å². The molecular weight excluding hydrogens is 258 g/mol. The predicted molar refractivity (Wildman–Crippen MR) is 60.7 cm³/mol. The Morgan fingerprint density at radius 2 is 1.87 bits per heavy atom. The average molecular weight is 266 g/mol. The average Bonchev–Trinajstić information content (AvgIpc) is 2.22. The summed E-state index contributed by atoms with van der Waals surface area (Å²) in [6, 6.07) is 7.52. The number of rotatable bonds is 2. The minimum absolute atomic E-state index is 0.233. The third-order valence-corrected chi connectivity index (χ3v) is 2.17. The molecule has 0 radical (unpaired) electrons. The molecule has 1 aromatic carbocycles. The third-order valence-electron chi connectivity index (χ3n) is 1.68. The number of benzene rings is 1. The van der Waals surface area contributed by atoms with Gasteiger partial charge in [-0.25, -0.2) is 9.97 Å². The van der Waals surface area contributed by atoms with Crippen LogP contribution in [0.4, 0.5) is 5.95 Å². The normalized spacial score (nSPS) is 9.93. The van der Waals surface area contributed by atoms with Gasteiger partial charge < -0.3 is 10.5 Å². The number of nitrogens with zero attached hydrogens (tertiary/aromatic N) is 2. The van der Waals surface area contributed by atoms with Crippen LogP contribution in [0.15, 0.2) is 41.1 Å². The van der Waals surface area contributed by atoms with Crippen LogP contribution >= 0.6 is 15.9 Å². The quantitative estimate of drug-likeness (QED) is 0.907. The maximum atomic E-state index is 5.50. The van der Waals surface area contributed by atoms with Crippen molar-refractivity contribution in [1.82, 2.24) is 9.97 Å². The van der Waals surface area contributed by atoms with Crippen LogP contribution in [-0.4, -0.2) is 9.97 Å². The van der Waals surface area contributed by atoms with E-state index in [4.69, 9.17) is 10.5 Å². The molecule has 2 aromatic rings. The van der Waals surface area contributed by atoms with Gasteiger partial charge in [0.05, 0.1) is 12.4 Å². The first-order valence-corrected chi connectivity index (χ1v) is 5.04. The van der Waals surface area contributed by atoms with E-state index < -0.39 is 0 Å². The molecule has 1 aromatic heterocycles. The summed E-state index contributed by atoms with van der Waals surface area (Å²) in [5.41, 5.74) is 5.36. The first-order chi connectivity index (χ1) is 7.24. The van der Waals surface area contributed by atoms with Crippen LogP contribution in [-0.2, 0) is 0 Å². The zero-order valence-electron chi connectivity index (χ0n) is 7.72. The van der Waals surface area contributed by atoms with Gasteiger partial charge in [-0.3, -0.25) is 0 Å². The lowest BCUT2D eigenvalue weighted by atomic mass is 10.3. The number of ether oxygens (including phenoxy) is 1. The van der Waals surface area contributed by atoms with Crippen LogP contribution in [0.5, 0.6) is 11.5 Å². The van der Waals surface area contributed by atoms with Crippen LogP contribution in [0.25, 0.3) is 0 Å². The van der Waals surface area contributed by atoms with E-state index in [2.05, 4.69) is 25.9 Å². The number of anilines is 1. The van der Waals surface area contributed by atoms with Crippen LogP contribution in [0, 0.1) is 0 Å². The van der Waals surface area contributed by atoms with Gasteiger partial charge in [0.2, 0.25) is 5.95 Å². The Balaban J connectivity index is 2.18. The first-order valence-electron chi connectivity index (χ1n) is 4.25. The smallest absolute Gasteiger partial charge is 0.220 e. The lowest BCUT2D eigenvalue weighted by Crippen LogP contribution is -1.94. The highest BCUT2D eigenvalue weighted by atomic mass is 79.9. The molecular formula is C10H8BrN3O. The van der Waals surface area contributed by atoms with Crippen molar-refractivity contribution >= 4 is 21.9 Å². The molecule has 0 unspecified atom stereocenters. The summed E-state index contributed by atoms with van der Waals surface area (Å²) >= 11 is 3.36. The van der Waals surface area contributed by atoms with Crippen molar-refractivity contribution in [2.45, 2.75) is 0 Å². The largest absolute Gasteiger partial charge is 0.454 e. The molecule has 0 amide bonds. The van der Waals surface area contributed by atoms with Crippen LogP contribution in [0.3, 0.4) is 0 Å². The van der Waals surface area contributed by atoms with Gasteiger partial charge in [-0.2, -0.15) is 0 Å². The van der Waals surface area contributed by atoms with Gasteiger partial charge in [0.15, 0.2) is 5.75 Å².